The molecule has 35 heavy (non-hydrogen) atoms. The number of amides is 1. The fourth-order valence-electron chi connectivity index (χ4n) is 3.91. The van der Waals surface area contributed by atoms with Crippen molar-refractivity contribution < 1.29 is 31.5 Å². The normalized spacial score (nSPS) is 23.9. The summed E-state index contributed by atoms with van der Waals surface area (Å²) in [4.78, 5) is 25.9. The van der Waals surface area contributed by atoms with E-state index in [0.717, 1.165) is 18.5 Å². The largest absolute Gasteiger partial charge is 0.467 e. The zero-order valence-electron chi connectivity index (χ0n) is 18.5. The van der Waals surface area contributed by atoms with Gasteiger partial charge in [-0.05, 0) is 30.2 Å². The van der Waals surface area contributed by atoms with Crippen LogP contribution < -0.4 is 10.5 Å². The lowest BCUT2D eigenvalue weighted by atomic mass is 9.98. The first-order valence-corrected chi connectivity index (χ1v) is 11.1. The third-order valence-electron chi connectivity index (χ3n) is 5.55. The number of carbonyl (C=O) groups is 1. The van der Waals surface area contributed by atoms with Crippen LogP contribution in [0.2, 0.25) is 0 Å². The molecule has 0 radical (unpaired) electrons. The zero-order chi connectivity index (χ0) is 25.5. The van der Waals surface area contributed by atoms with E-state index >= 15 is 0 Å². The Kier molecular flexibility index (Phi) is 6.47. The Bertz CT molecular complexity index is 1200. The van der Waals surface area contributed by atoms with Gasteiger partial charge in [0, 0.05) is 25.6 Å². The Morgan fingerprint density at radius 1 is 1.31 bits per heavy atom. The van der Waals surface area contributed by atoms with Gasteiger partial charge in [0.1, 0.15) is 16.3 Å². The van der Waals surface area contributed by atoms with Crippen molar-refractivity contribution in [3.63, 3.8) is 0 Å². The summed E-state index contributed by atoms with van der Waals surface area (Å²) in [5, 5.41) is 0.175. The maximum absolute atomic E-state index is 14.8. The van der Waals surface area contributed by atoms with Gasteiger partial charge in [0.2, 0.25) is 11.8 Å². The first-order valence-electron chi connectivity index (χ1n) is 10.3. The number of thioether (sulfide) groups is 1. The fraction of sp³-hybridized carbons (Fsp3) is 0.364. The number of nitrogens with zero attached hydrogens (tertiary/aromatic N) is 4. The number of carbonyl (C=O) groups excluding carboxylic acids is 1. The number of hydrogen-bond acceptors (Lipinski definition) is 7. The van der Waals surface area contributed by atoms with Crippen molar-refractivity contribution in [2.75, 3.05) is 20.7 Å². The Hall–Kier alpha value is -3.22. The van der Waals surface area contributed by atoms with Gasteiger partial charge in [0.05, 0.1) is 18.4 Å². The maximum Gasteiger partial charge on any atom is 0.422 e. The molecule has 3 atom stereocenters. The van der Waals surface area contributed by atoms with Gasteiger partial charge in [-0.1, -0.05) is 17.8 Å². The van der Waals surface area contributed by atoms with Crippen LogP contribution in [0.4, 0.5) is 22.0 Å². The summed E-state index contributed by atoms with van der Waals surface area (Å²) in [6.45, 7) is -1.55. The van der Waals surface area contributed by atoms with E-state index in [1.165, 1.54) is 34.9 Å². The van der Waals surface area contributed by atoms with Crippen molar-refractivity contribution in [3.8, 4) is 5.88 Å². The van der Waals surface area contributed by atoms with Crippen LogP contribution in [-0.2, 0) is 4.79 Å². The minimum atomic E-state index is -4.54. The van der Waals surface area contributed by atoms with E-state index in [2.05, 4.69) is 19.7 Å². The molecule has 1 amide bonds. The van der Waals surface area contributed by atoms with Crippen molar-refractivity contribution >= 4 is 34.7 Å². The smallest absolute Gasteiger partial charge is 0.422 e. The number of halogens is 5. The minimum Gasteiger partial charge on any atom is -0.467 e. The molecule has 1 aromatic heterocycles. The van der Waals surface area contributed by atoms with Gasteiger partial charge >= 0.3 is 6.18 Å². The van der Waals surface area contributed by atoms with Gasteiger partial charge in [0.25, 0.3) is 0 Å². The topological polar surface area (TPSA) is 93.7 Å². The molecule has 1 aliphatic carbocycles. The summed E-state index contributed by atoms with van der Waals surface area (Å²) in [6, 6.07) is 3.23. The molecule has 186 valence electrons. The number of hydrogen-bond donors (Lipinski definition) is 1. The van der Waals surface area contributed by atoms with E-state index in [4.69, 9.17) is 5.73 Å². The third kappa shape index (κ3) is 5.24. The van der Waals surface area contributed by atoms with Gasteiger partial charge in [-0.25, -0.2) is 18.7 Å². The molecule has 13 heteroatoms. The molecule has 2 heterocycles. The maximum atomic E-state index is 14.8. The fourth-order valence-corrected chi connectivity index (χ4v) is 5.27. The van der Waals surface area contributed by atoms with E-state index in [1.54, 1.807) is 14.1 Å². The van der Waals surface area contributed by atoms with Crippen LogP contribution in [0, 0.1) is 11.7 Å². The van der Waals surface area contributed by atoms with Crippen LogP contribution in [0.3, 0.4) is 0 Å². The second-order valence-corrected chi connectivity index (χ2v) is 9.68. The number of benzene rings is 1. The predicted octanol–water partition coefficient (Wildman–Crippen LogP) is 3.97. The van der Waals surface area contributed by atoms with E-state index in [9.17, 15) is 26.7 Å². The summed E-state index contributed by atoms with van der Waals surface area (Å²) in [7, 11) is 3.27. The minimum absolute atomic E-state index is 0.126. The van der Waals surface area contributed by atoms with Gasteiger partial charge in [0.15, 0.2) is 17.6 Å². The summed E-state index contributed by atoms with van der Waals surface area (Å²) in [6.07, 6.45) is -1.18. The molecule has 1 aliphatic heterocycles. The first kappa shape index (κ1) is 24.9. The van der Waals surface area contributed by atoms with Crippen LogP contribution in [0.15, 0.2) is 35.6 Å². The molecule has 0 saturated heterocycles. The molecule has 0 spiro atoms. The second-order valence-electron chi connectivity index (χ2n) is 8.33. The van der Waals surface area contributed by atoms with Crippen LogP contribution in [0.5, 0.6) is 5.88 Å². The molecule has 4 rings (SSSR count). The van der Waals surface area contributed by atoms with Gasteiger partial charge < -0.3 is 15.4 Å². The molecular weight excluding hydrogens is 493 g/mol. The summed E-state index contributed by atoms with van der Waals surface area (Å²) in [5.74, 6) is -2.21. The zero-order valence-corrected chi connectivity index (χ0v) is 19.3. The lowest BCUT2D eigenvalue weighted by Gasteiger charge is -2.27. The lowest BCUT2D eigenvalue weighted by Crippen LogP contribution is -2.39. The summed E-state index contributed by atoms with van der Waals surface area (Å²) >= 11 is 1.18. The predicted molar refractivity (Wildman–Crippen MR) is 120 cm³/mol. The third-order valence-corrected chi connectivity index (χ3v) is 6.88. The molecule has 7 nitrogen and oxygen atoms in total. The number of nitrogens with two attached hydrogens (primary N) is 1. The molecule has 2 aromatic rings. The van der Waals surface area contributed by atoms with Gasteiger partial charge in [-0.3, -0.25) is 9.79 Å². The molecule has 2 aliphatic rings. The highest BCUT2D eigenvalue weighted by atomic mass is 32.2. The van der Waals surface area contributed by atoms with Crippen molar-refractivity contribution in [1.29, 1.82) is 0 Å². The second kappa shape index (κ2) is 9.10. The summed E-state index contributed by atoms with van der Waals surface area (Å²) < 4.78 is 69.9. The van der Waals surface area contributed by atoms with E-state index in [0.29, 0.717) is 6.42 Å². The number of ether oxygens (including phenoxy) is 1. The first-order chi connectivity index (χ1) is 16.4. The van der Waals surface area contributed by atoms with E-state index < -0.39 is 41.1 Å². The molecule has 1 aromatic carbocycles. The van der Waals surface area contributed by atoms with Crippen LogP contribution in [0.25, 0.3) is 11.9 Å². The number of rotatable bonds is 6. The molecule has 0 bridgehead atoms. The Balaban J connectivity index is 1.56. The van der Waals surface area contributed by atoms with Crippen LogP contribution >= 0.6 is 11.8 Å². The molecule has 1 saturated carbocycles. The standard InChI is InChI=1S/C22H20F5N5O2S/c1-32(2)19(33)21-7-13(21)18(31-20(28)35-21)12-5-11(3-4-14(12)23)6-15(24)16-8-30-17(9-29-16)34-10-22(25,26)27/h3-6,8-9,13,18H,7,10H2,1-2H3,(H2,28,31)/b15-6-. The van der Waals surface area contributed by atoms with Gasteiger partial charge in [-0.15, -0.1) is 0 Å². The Morgan fingerprint density at radius 3 is 2.69 bits per heavy atom. The monoisotopic (exact) mass is 513 g/mol. The van der Waals surface area contributed by atoms with E-state index in [1.807, 2.05) is 0 Å². The number of aromatic nitrogens is 2. The average molecular weight is 513 g/mol. The van der Waals surface area contributed by atoms with Crippen molar-refractivity contribution in [2.45, 2.75) is 23.4 Å². The number of fused-ring (bicyclic) bond motifs is 1. The number of amidine groups is 1. The van der Waals surface area contributed by atoms with Gasteiger partial charge in [-0.2, -0.15) is 13.2 Å². The lowest BCUT2D eigenvalue weighted by molar-refractivity contribution is -0.154. The highest BCUT2D eigenvalue weighted by Crippen LogP contribution is 2.64. The Morgan fingerprint density at radius 2 is 2.06 bits per heavy atom. The molecule has 1 fully saturated rings. The quantitative estimate of drug-likeness (QED) is 0.588. The van der Waals surface area contributed by atoms with Crippen molar-refractivity contribution in [3.05, 3.63) is 53.2 Å². The highest BCUT2D eigenvalue weighted by Gasteiger charge is 2.67. The van der Waals surface area contributed by atoms with Crippen LogP contribution in [0.1, 0.15) is 29.3 Å². The van der Waals surface area contributed by atoms with Crippen LogP contribution in [-0.4, -0.2) is 57.6 Å². The average Bonchev–Trinajstić information content (AvgIpc) is 3.53. The molecular formula is C22H20F5N5O2S. The molecule has 2 N–H and O–H groups in total. The number of alkyl halides is 3. The summed E-state index contributed by atoms with van der Waals surface area (Å²) in [5.41, 5.74) is 6.18. The van der Waals surface area contributed by atoms with Crippen molar-refractivity contribution in [1.82, 2.24) is 14.9 Å². The van der Waals surface area contributed by atoms with Crippen molar-refractivity contribution in [2.24, 2.45) is 16.6 Å². The number of aliphatic imine (C=N–C) groups is 1. The Labute approximate surface area is 201 Å². The van der Waals surface area contributed by atoms with E-state index in [-0.39, 0.29) is 33.8 Å². The highest BCUT2D eigenvalue weighted by molar-refractivity contribution is 8.15. The molecule has 3 unspecified atom stereocenters. The SMILES string of the molecule is CN(C)C(=O)C12CC1C(c1cc(/C=C(\F)c3cnc(OCC(F)(F)F)cn3)ccc1F)N=C(N)S2.